The van der Waals surface area contributed by atoms with E-state index in [1.54, 1.807) is 12.1 Å². The first-order valence-electron chi connectivity index (χ1n) is 5.49. The third-order valence-corrected chi connectivity index (χ3v) is 3.38. The number of halogens is 2. The summed E-state index contributed by atoms with van der Waals surface area (Å²) in [5, 5.41) is 12.2. The van der Waals surface area contributed by atoms with E-state index in [1.807, 2.05) is 4.90 Å². The molecule has 1 saturated heterocycles. The van der Waals surface area contributed by atoms with Crippen LogP contribution in [0.3, 0.4) is 0 Å². The Balaban J connectivity index is 2.14. The molecule has 2 rings (SSSR count). The lowest BCUT2D eigenvalue weighted by atomic mass is 10.1. The molecule has 0 aliphatic carbocycles. The van der Waals surface area contributed by atoms with E-state index in [9.17, 15) is 4.39 Å². The molecule has 0 bridgehead atoms. The van der Waals surface area contributed by atoms with Gasteiger partial charge in [0.05, 0.1) is 6.07 Å². The molecule has 1 fully saturated rings. The van der Waals surface area contributed by atoms with Crippen molar-refractivity contribution >= 4 is 15.9 Å². The lowest BCUT2D eigenvalue weighted by Crippen LogP contribution is -2.50. The maximum absolute atomic E-state index is 13.6. The van der Waals surface area contributed by atoms with Gasteiger partial charge in [0.25, 0.3) is 0 Å². The van der Waals surface area contributed by atoms with Gasteiger partial charge in [-0.3, -0.25) is 4.90 Å². The fourth-order valence-electron chi connectivity index (χ4n) is 1.95. The maximum atomic E-state index is 13.6. The zero-order chi connectivity index (χ0) is 12.3. The Hall–Kier alpha value is -0.960. The molecule has 0 aromatic heterocycles. The number of rotatable bonds is 2. The molecule has 1 N–H and O–H groups in total. The minimum Gasteiger partial charge on any atom is -0.313 e. The van der Waals surface area contributed by atoms with Crippen LogP contribution >= 0.6 is 15.9 Å². The van der Waals surface area contributed by atoms with Crippen LogP contribution in [-0.2, 0) is 6.54 Å². The van der Waals surface area contributed by atoms with Crippen molar-refractivity contribution < 1.29 is 4.39 Å². The van der Waals surface area contributed by atoms with Crippen LogP contribution < -0.4 is 5.32 Å². The first-order valence-corrected chi connectivity index (χ1v) is 6.28. The molecule has 1 aliphatic rings. The topological polar surface area (TPSA) is 39.1 Å². The lowest BCUT2D eigenvalue weighted by molar-refractivity contribution is 0.187. The molecule has 0 radical (unpaired) electrons. The van der Waals surface area contributed by atoms with Crippen molar-refractivity contribution in [3.8, 4) is 6.07 Å². The summed E-state index contributed by atoms with van der Waals surface area (Å²) in [4.78, 5) is 2.00. The molecule has 17 heavy (non-hydrogen) atoms. The molecule has 0 saturated carbocycles. The minimum absolute atomic E-state index is 0.179. The summed E-state index contributed by atoms with van der Waals surface area (Å²) in [5.41, 5.74) is 0.626. The second kappa shape index (κ2) is 5.58. The normalized spacial score (nSPS) is 21.1. The van der Waals surface area contributed by atoms with Crippen molar-refractivity contribution in [1.29, 1.82) is 5.26 Å². The second-order valence-corrected chi connectivity index (χ2v) is 4.97. The van der Waals surface area contributed by atoms with Crippen LogP contribution in [0.2, 0.25) is 0 Å². The van der Waals surface area contributed by atoms with E-state index in [0.29, 0.717) is 18.7 Å². The molecule has 90 valence electrons. The van der Waals surface area contributed by atoms with Gasteiger partial charge in [-0.05, 0) is 18.2 Å². The molecule has 3 nitrogen and oxygen atoms in total. The van der Waals surface area contributed by atoms with E-state index in [1.165, 1.54) is 6.07 Å². The highest BCUT2D eigenvalue weighted by atomic mass is 79.9. The summed E-state index contributed by atoms with van der Waals surface area (Å²) in [7, 11) is 0. The van der Waals surface area contributed by atoms with E-state index in [0.717, 1.165) is 17.6 Å². The summed E-state index contributed by atoms with van der Waals surface area (Å²) in [5.74, 6) is -0.219. The maximum Gasteiger partial charge on any atom is 0.127 e. The molecule has 1 unspecified atom stereocenters. The smallest absolute Gasteiger partial charge is 0.127 e. The van der Waals surface area contributed by atoms with Crippen molar-refractivity contribution in [2.75, 3.05) is 19.6 Å². The highest BCUT2D eigenvalue weighted by molar-refractivity contribution is 9.10. The van der Waals surface area contributed by atoms with Crippen LogP contribution in [0.1, 0.15) is 5.56 Å². The van der Waals surface area contributed by atoms with Crippen LogP contribution in [0, 0.1) is 17.1 Å². The van der Waals surface area contributed by atoms with E-state index < -0.39 is 0 Å². The Kier molecular flexibility index (Phi) is 4.11. The average Bonchev–Trinajstić information content (AvgIpc) is 2.34. The highest BCUT2D eigenvalue weighted by Crippen LogP contribution is 2.18. The van der Waals surface area contributed by atoms with E-state index >= 15 is 0 Å². The number of benzene rings is 1. The predicted molar refractivity (Wildman–Crippen MR) is 66.8 cm³/mol. The second-order valence-electron chi connectivity index (χ2n) is 4.06. The van der Waals surface area contributed by atoms with Crippen molar-refractivity contribution in [3.63, 3.8) is 0 Å². The van der Waals surface area contributed by atoms with Crippen molar-refractivity contribution in [2.24, 2.45) is 0 Å². The molecule has 1 atom stereocenters. The molecule has 0 spiro atoms. The summed E-state index contributed by atoms with van der Waals surface area (Å²) in [6.07, 6.45) is 0. The predicted octanol–water partition coefficient (Wildman–Crippen LogP) is 1.89. The third-order valence-electron chi connectivity index (χ3n) is 2.88. The Morgan fingerprint density at radius 3 is 3.18 bits per heavy atom. The Bertz CT molecular complexity index is 444. The fraction of sp³-hybridized carbons (Fsp3) is 0.417. The molecule has 5 heteroatoms. The van der Waals surface area contributed by atoms with Gasteiger partial charge in [0, 0.05) is 36.2 Å². The number of nitriles is 1. The van der Waals surface area contributed by atoms with E-state index in [-0.39, 0.29) is 11.9 Å². The quantitative estimate of drug-likeness (QED) is 0.906. The van der Waals surface area contributed by atoms with Gasteiger partial charge < -0.3 is 5.32 Å². The van der Waals surface area contributed by atoms with Crippen LogP contribution in [0.5, 0.6) is 0 Å². The molecule has 1 aromatic carbocycles. The van der Waals surface area contributed by atoms with Gasteiger partial charge >= 0.3 is 0 Å². The van der Waals surface area contributed by atoms with E-state index in [4.69, 9.17) is 5.26 Å². The summed E-state index contributed by atoms with van der Waals surface area (Å²) in [6.45, 7) is 2.73. The van der Waals surface area contributed by atoms with Gasteiger partial charge in [0.1, 0.15) is 11.9 Å². The summed E-state index contributed by atoms with van der Waals surface area (Å²) in [6, 6.07) is 6.95. The largest absolute Gasteiger partial charge is 0.313 e. The van der Waals surface area contributed by atoms with Gasteiger partial charge in [0.2, 0.25) is 0 Å². The third kappa shape index (κ3) is 3.03. The molecule has 0 amide bonds. The van der Waals surface area contributed by atoms with Gasteiger partial charge in [-0.1, -0.05) is 15.9 Å². The first kappa shape index (κ1) is 12.5. The van der Waals surface area contributed by atoms with Crippen molar-refractivity contribution in [2.45, 2.75) is 12.6 Å². The number of piperazine rings is 1. The van der Waals surface area contributed by atoms with E-state index in [2.05, 4.69) is 27.3 Å². The molecule has 1 heterocycles. The lowest BCUT2D eigenvalue weighted by Gasteiger charge is -2.31. The van der Waals surface area contributed by atoms with Crippen LogP contribution in [-0.4, -0.2) is 30.6 Å². The number of hydrogen-bond acceptors (Lipinski definition) is 3. The SMILES string of the molecule is N#CC1CNCCN1Cc1cc(Br)ccc1F. The summed E-state index contributed by atoms with van der Waals surface area (Å²) >= 11 is 3.33. The van der Waals surface area contributed by atoms with Gasteiger partial charge in [0.15, 0.2) is 0 Å². The monoisotopic (exact) mass is 297 g/mol. The Morgan fingerprint density at radius 1 is 1.59 bits per heavy atom. The van der Waals surface area contributed by atoms with Crippen molar-refractivity contribution in [1.82, 2.24) is 10.2 Å². The molecular weight excluding hydrogens is 285 g/mol. The minimum atomic E-state index is -0.219. The van der Waals surface area contributed by atoms with Crippen molar-refractivity contribution in [3.05, 3.63) is 34.1 Å². The van der Waals surface area contributed by atoms with Crippen LogP contribution in [0.4, 0.5) is 4.39 Å². The van der Waals surface area contributed by atoms with Crippen LogP contribution in [0.25, 0.3) is 0 Å². The van der Waals surface area contributed by atoms with Gasteiger partial charge in [-0.15, -0.1) is 0 Å². The molecule has 1 aromatic rings. The fourth-order valence-corrected chi connectivity index (χ4v) is 2.35. The Labute approximate surface area is 108 Å². The number of nitrogens with one attached hydrogen (secondary N) is 1. The van der Waals surface area contributed by atoms with Crippen LogP contribution in [0.15, 0.2) is 22.7 Å². The zero-order valence-electron chi connectivity index (χ0n) is 9.29. The number of hydrogen-bond donors (Lipinski definition) is 1. The highest BCUT2D eigenvalue weighted by Gasteiger charge is 2.22. The average molecular weight is 298 g/mol. The van der Waals surface area contributed by atoms with Gasteiger partial charge in [-0.2, -0.15) is 5.26 Å². The molecular formula is C12H13BrFN3. The first-order chi connectivity index (χ1) is 8.20. The molecule has 1 aliphatic heterocycles. The van der Waals surface area contributed by atoms with Gasteiger partial charge in [-0.25, -0.2) is 4.39 Å². The number of nitrogens with zero attached hydrogens (tertiary/aromatic N) is 2. The standard InChI is InChI=1S/C12H13BrFN3/c13-10-1-2-12(14)9(5-10)8-17-4-3-16-7-11(17)6-15/h1-2,5,11,16H,3-4,7-8H2. The zero-order valence-corrected chi connectivity index (χ0v) is 10.9. The summed E-state index contributed by atoms with van der Waals surface area (Å²) < 4.78 is 14.5. The Morgan fingerprint density at radius 2 is 2.41 bits per heavy atom.